The fourth-order valence-electron chi connectivity index (χ4n) is 2.36. The maximum atomic E-state index is 12.1. The van der Waals surface area contributed by atoms with Gasteiger partial charge in [-0.1, -0.05) is 36.4 Å². The van der Waals surface area contributed by atoms with Gasteiger partial charge in [0, 0.05) is 6.42 Å². The molecule has 6 heteroatoms. The van der Waals surface area contributed by atoms with Crippen molar-refractivity contribution in [2.75, 3.05) is 13.2 Å². The lowest BCUT2D eigenvalue weighted by Crippen LogP contribution is -2.40. The molecule has 1 aromatic rings. The van der Waals surface area contributed by atoms with Gasteiger partial charge in [-0.2, -0.15) is 0 Å². The number of carbonyl (C=O) groups excluding carboxylic acids is 1. The van der Waals surface area contributed by atoms with E-state index in [9.17, 15) is 14.7 Å². The SMILES string of the molecule is C=CCO[C@@H]1C[C@H](C(=O)O)N(C(=O)OCc2ccccc2)C1. The summed E-state index contributed by atoms with van der Waals surface area (Å²) in [6, 6.07) is 8.31. The van der Waals surface area contributed by atoms with Gasteiger partial charge >= 0.3 is 12.1 Å². The van der Waals surface area contributed by atoms with Crippen LogP contribution in [0.25, 0.3) is 0 Å². The minimum atomic E-state index is -1.05. The lowest BCUT2D eigenvalue weighted by molar-refractivity contribution is -0.141. The van der Waals surface area contributed by atoms with Crippen LogP contribution in [0.5, 0.6) is 0 Å². The molecule has 1 aliphatic heterocycles. The van der Waals surface area contributed by atoms with Crippen molar-refractivity contribution in [3.8, 4) is 0 Å². The highest BCUT2D eigenvalue weighted by atomic mass is 16.6. The Hall–Kier alpha value is -2.34. The van der Waals surface area contributed by atoms with Crippen LogP contribution in [0.3, 0.4) is 0 Å². The summed E-state index contributed by atoms with van der Waals surface area (Å²) in [5, 5.41) is 9.24. The highest BCUT2D eigenvalue weighted by Gasteiger charge is 2.41. The third-order valence-corrected chi connectivity index (χ3v) is 3.44. The van der Waals surface area contributed by atoms with E-state index in [1.54, 1.807) is 6.08 Å². The fraction of sp³-hybridized carbons (Fsp3) is 0.375. The van der Waals surface area contributed by atoms with Gasteiger partial charge in [-0.15, -0.1) is 6.58 Å². The number of aliphatic carboxylic acids is 1. The number of carboxylic acids is 1. The Morgan fingerprint density at radius 3 is 2.73 bits per heavy atom. The molecule has 2 atom stereocenters. The van der Waals surface area contributed by atoms with Crippen LogP contribution >= 0.6 is 0 Å². The molecule has 1 amide bonds. The van der Waals surface area contributed by atoms with Crippen molar-refractivity contribution < 1.29 is 24.2 Å². The Morgan fingerprint density at radius 1 is 1.36 bits per heavy atom. The van der Waals surface area contributed by atoms with Crippen molar-refractivity contribution >= 4 is 12.1 Å². The van der Waals surface area contributed by atoms with Gasteiger partial charge in [-0.3, -0.25) is 4.90 Å². The number of carbonyl (C=O) groups is 2. The normalized spacial score (nSPS) is 20.6. The van der Waals surface area contributed by atoms with Crippen molar-refractivity contribution in [1.82, 2.24) is 4.90 Å². The highest BCUT2D eigenvalue weighted by Crippen LogP contribution is 2.22. The lowest BCUT2D eigenvalue weighted by atomic mass is 10.2. The molecule has 0 unspecified atom stereocenters. The topological polar surface area (TPSA) is 76.1 Å². The van der Waals surface area contributed by atoms with E-state index in [2.05, 4.69) is 6.58 Å². The lowest BCUT2D eigenvalue weighted by Gasteiger charge is -2.20. The van der Waals surface area contributed by atoms with Gasteiger partial charge in [0.15, 0.2) is 0 Å². The first-order chi connectivity index (χ1) is 10.6. The smallest absolute Gasteiger partial charge is 0.410 e. The van der Waals surface area contributed by atoms with Crippen LogP contribution < -0.4 is 0 Å². The number of benzene rings is 1. The number of amides is 1. The molecule has 1 fully saturated rings. The second kappa shape index (κ2) is 7.61. The number of ether oxygens (including phenoxy) is 2. The molecule has 1 aliphatic rings. The summed E-state index contributed by atoms with van der Waals surface area (Å²) in [5.41, 5.74) is 0.848. The maximum Gasteiger partial charge on any atom is 0.410 e. The summed E-state index contributed by atoms with van der Waals surface area (Å²) < 4.78 is 10.6. The van der Waals surface area contributed by atoms with Gasteiger partial charge in [0.2, 0.25) is 0 Å². The highest BCUT2D eigenvalue weighted by molar-refractivity contribution is 5.80. The van der Waals surface area contributed by atoms with Crippen LogP contribution in [0.15, 0.2) is 43.0 Å². The van der Waals surface area contributed by atoms with Gasteiger partial charge in [0.1, 0.15) is 12.6 Å². The standard InChI is InChI=1S/C16H19NO5/c1-2-8-21-13-9-14(15(18)19)17(10-13)16(20)22-11-12-6-4-3-5-7-12/h2-7,13-14H,1,8-11H2,(H,18,19)/t13-,14-/m1/s1. The van der Waals surface area contributed by atoms with E-state index in [1.165, 1.54) is 4.90 Å². The molecule has 0 radical (unpaired) electrons. The molecule has 118 valence electrons. The molecule has 22 heavy (non-hydrogen) atoms. The fourth-order valence-corrected chi connectivity index (χ4v) is 2.36. The predicted octanol–water partition coefficient (Wildman–Crippen LogP) is 2.05. The van der Waals surface area contributed by atoms with Crippen LogP contribution in [0.4, 0.5) is 4.79 Å². The number of nitrogens with zero attached hydrogens (tertiary/aromatic N) is 1. The van der Waals surface area contributed by atoms with Gasteiger partial charge in [-0.25, -0.2) is 9.59 Å². The summed E-state index contributed by atoms with van der Waals surface area (Å²) in [6.07, 6.45) is 0.889. The molecule has 0 aliphatic carbocycles. The van der Waals surface area contributed by atoms with E-state index in [-0.39, 0.29) is 25.7 Å². The minimum Gasteiger partial charge on any atom is -0.480 e. The van der Waals surface area contributed by atoms with Crippen LogP contribution in [0.1, 0.15) is 12.0 Å². The van der Waals surface area contributed by atoms with Crippen molar-refractivity contribution in [2.45, 2.75) is 25.2 Å². The zero-order valence-corrected chi connectivity index (χ0v) is 12.2. The van der Waals surface area contributed by atoms with Crippen LogP contribution in [0.2, 0.25) is 0 Å². The maximum absolute atomic E-state index is 12.1. The summed E-state index contributed by atoms with van der Waals surface area (Å²) in [5.74, 6) is -1.05. The first kappa shape index (κ1) is 16.0. The number of carboxylic acid groups (broad SMARTS) is 1. The summed E-state index contributed by atoms with van der Waals surface area (Å²) in [7, 11) is 0. The van der Waals surface area contributed by atoms with Crippen molar-refractivity contribution in [3.05, 3.63) is 48.6 Å². The summed E-state index contributed by atoms with van der Waals surface area (Å²) >= 11 is 0. The first-order valence-corrected chi connectivity index (χ1v) is 7.04. The van der Waals surface area contributed by atoms with E-state index in [4.69, 9.17) is 9.47 Å². The van der Waals surface area contributed by atoms with Crippen molar-refractivity contribution in [1.29, 1.82) is 0 Å². The minimum absolute atomic E-state index is 0.112. The molecule has 6 nitrogen and oxygen atoms in total. The van der Waals surface area contributed by atoms with E-state index in [0.29, 0.717) is 6.61 Å². The molecule has 1 N–H and O–H groups in total. The van der Waals surface area contributed by atoms with E-state index in [0.717, 1.165) is 5.56 Å². The molecule has 0 aromatic heterocycles. The zero-order chi connectivity index (χ0) is 15.9. The Balaban J connectivity index is 1.94. The third kappa shape index (κ3) is 4.08. The van der Waals surface area contributed by atoms with Crippen LogP contribution in [-0.2, 0) is 20.9 Å². The third-order valence-electron chi connectivity index (χ3n) is 3.44. The average Bonchev–Trinajstić information content (AvgIpc) is 2.96. The molecule has 1 aromatic carbocycles. The van der Waals surface area contributed by atoms with E-state index in [1.807, 2.05) is 30.3 Å². The van der Waals surface area contributed by atoms with Crippen molar-refractivity contribution in [3.63, 3.8) is 0 Å². The summed E-state index contributed by atoms with van der Waals surface area (Å²) in [4.78, 5) is 24.6. The predicted molar refractivity (Wildman–Crippen MR) is 79.3 cm³/mol. The molecular formula is C16H19NO5. The zero-order valence-electron chi connectivity index (χ0n) is 12.2. The molecule has 2 rings (SSSR count). The van der Waals surface area contributed by atoms with Gasteiger partial charge < -0.3 is 14.6 Å². The van der Waals surface area contributed by atoms with E-state index >= 15 is 0 Å². The number of hydrogen-bond acceptors (Lipinski definition) is 4. The van der Waals surface area contributed by atoms with Crippen LogP contribution in [-0.4, -0.2) is 47.4 Å². The summed E-state index contributed by atoms with van der Waals surface area (Å²) in [6.45, 7) is 4.19. The monoisotopic (exact) mass is 305 g/mol. The average molecular weight is 305 g/mol. The number of likely N-dealkylation sites (tertiary alicyclic amines) is 1. The quantitative estimate of drug-likeness (QED) is 0.814. The van der Waals surface area contributed by atoms with Crippen LogP contribution in [0, 0.1) is 0 Å². The van der Waals surface area contributed by atoms with Gasteiger partial charge in [0.25, 0.3) is 0 Å². The largest absolute Gasteiger partial charge is 0.480 e. The molecule has 0 saturated carbocycles. The molecule has 1 heterocycles. The second-order valence-corrected chi connectivity index (χ2v) is 5.03. The Bertz CT molecular complexity index is 531. The van der Waals surface area contributed by atoms with E-state index < -0.39 is 18.1 Å². The molecule has 0 spiro atoms. The Labute approximate surface area is 128 Å². The van der Waals surface area contributed by atoms with Gasteiger partial charge in [0.05, 0.1) is 19.3 Å². The van der Waals surface area contributed by atoms with Gasteiger partial charge in [-0.05, 0) is 5.56 Å². The first-order valence-electron chi connectivity index (χ1n) is 7.04. The Morgan fingerprint density at radius 2 is 2.09 bits per heavy atom. The molecular weight excluding hydrogens is 286 g/mol. The second-order valence-electron chi connectivity index (χ2n) is 5.03. The van der Waals surface area contributed by atoms with Crippen molar-refractivity contribution in [2.24, 2.45) is 0 Å². The Kier molecular flexibility index (Phi) is 5.55. The molecule has 0 bridgehead atoms. The number of hydrogen-bond donors (Lipinski definition) is 1. The number of rotatable bonds is 6. The molecule has 1 saturated heterocycles.